The molecule has 0 saturated carbocycles. The number of phenols is 1. The first-order chi connectivity index (χ1) is 9.75. The molecule has 0 radical (unpaired) electrons. The van der Waals surface area contributed by atoms with Gasteiger partial charge in [-0.25, -0.2) is 0 Å². The van der Waals surface area contributed by atoms with Crippen molar-refractivity contribution in [2.24, 2.45) is 0 Å². The van der Waals surface area contributed by atoms with Gasteiger partial charge in [0.05, 0.1) is 0 Å². The van der Waals surface area contributed by atoms with Crippen LogP contribution < -0.4 is 5.73 Å². The zero-order chi connectivity index (χ0) is 14.6. The molecule has 0 atom stereocenters. The van der Waals surface area contributed by atoms with Crippen molar-refractivity contribution in [1.82, 2.24) is 0 Å². The molecule has 0 spiro atoms. The van der Waals surface area contributed by atoms with E-state index in [-0.39, 0.29) is 0 Å². The molecule has 20 heavy (non-hydrogen) atoms. The van der Waals surface area contributed by atoms with E-state index in [2.05, 4.69) is 6.92 Å². The molecular weight excluding hydrogens is 246 g/mol. The van der Waals surface area contributed by atoms with E-state index in [1.54, 1.807) is 12.1 Å². The molecule has 0 aliphatic carbocycles. The zero-order valence-corrected chi connectivity index (χ0v) is 13.0. The standard InChI is InChI=1S/C18H31NO/c1-2-3-4-5-6-7-8-9-10-11-13-16-17(19)14-12-15-18(16)20/h12,14-15,20H,2-11,13,19H2,1H3. The van der Waals surface area contributed by atoms with Crippen LogP contribution in [0.15, 0.2) is 18.2 Å². The number of phenolic OH excluding ortho intramolecular Hbond substituents is 1. The number of aromatic hydroxyl groups is 1. The van der Waals surface area contributed by atoms with Crippen LogP contribution >= 0.6 is 0 Å². The summed E-state index contributed by atoms with van der Waals surface area (Å²) in [5, 5.41) is 9.75. The molecule has 1 rings (SSSR count). The Hall–Kier alpha value is -1.18. The molecule has 0 heterocycles. The van der Waals surface area contributed by atoms with Crippen LogP contribution in [-0.2, 0) is 6.42 Å². The van der Waals surface area contributed by atoms with E-state index in [0.717, 1.165) is 24.1 Å². The first-order valence-corrected chi connectivity index (χ1v) is 8.32. The highest BCUT2D eigenvalue weighted by Gasteiger charge is 2.04. The van der Waals surface area contributed by atoms with Crippen LogP contribution in [0.2, 0.25) is 0 Å². The van der Waals surface area contributed by atoms with E-state index < -0.39 is 0 Å². The van der Waals surface area contributed by atoms with Gasteiger partial charge in [0.25, 0.3) is 0 Å². The second kappa shape index (κ2) is 10.6. The normalized spacial score (nSPS) is 10.8. The lowest BCUT2D eigenvalue weighted by Crippen LogP contribution is -1.95. The predicted molar refractivity (Wildman–Crippen MR) is 88.1 cm³/mol. The quantitative estimate of drug-likeness (QED) is 0.418. The number of hydrogen-bond acceptors (Lipinski definition) is 2. The maximum absolute atomic E-state index is 9.75. The molecule has 0 aliphatic rings. The average Bonchev–Trinajstić information content (AvgIpc) is 2.43. The fourth-order valence-electron chi connectivity index (χ4n) is 2.65. The largest absolute Gasteiger partial charge is 0.508 e. The second-order valence-corrected chi connectivity index (χ2v) is 5.78. The van der Waals surface area contributed by atoms with Gasteiger partial charge in [0.1, 0.15) is 5.75 Å². The van der Waals surface area contributed by atoms with Crippen molar-refractivity contribution in [3.05, 3.63) is 23.8 Å². The third-order valence-electron chi connectivity index (χ3n) is 3.97. The van der Waals surface area contributed by atoms with Crippen LogP contribution in [0.1, 0.15) is 76.7 Å². The van der Waals surface area contributed by atoms with Crippen LogP contribution in [0, 0.1) is 0 Å². The summed E-state index contributed by atoms with van der Waals surface area (Å²) < 4.78 is 0. The molecular formula is C18H31NO. The number of hydrogen-bond donors (Lipinski definition) is 2. The molecule has 0 amide bonds. The number of unbranched alkanes of at least 4 members (excludes halogenated alkanes) is 9. The second-order valence-electron chi connectivity index (χ2n) is 5.78. The summed E-state index contributed by atoms with van der Waals surface area (Å²) in [6.07, 6.45) is 14.2. The van der Waals surface area contributed by atoms with Crippen LogP contribution in [0.25, 0.3) is 0 Å². The lowest BCUT2D eigenvalue weighted by atomic mass is 10.0. The molecule has 0 unspecified atom stereocenters. The van der Waals surface area contributed by atoms with Crippen molar-refractivity contribution in [2.75, 3.05) is 5.73 Å². The molecule has 1 aromatic carbocycles. The molecule has 0 aromatic heterocycles. The highest BCUT2D eigenvalue weighted by Crippen LogP contribution is 2.25. The Bertz CT molecular complexity index is 342. The van der Waals surface area contributed by atoms with Crippen LogP contribution in [0.5, 0.6) is 5.75 Å². The molecule has 0 saturated heterocycles. The van der Waals surface area contributed by atoms with Gasteiger partial charge in [0, 0.05) is 11.3 Å². The molecule has 114 valence electrons. The zero-order valence-electron chi connectivity index (χ0n) is 13.0. The van der Waals surface area contributed by atoms with Crippen molar-refractivity contribution in [3.8, 4) is 5.75 Å². The molecule has 2 heteroatoms. The van der Waals surface area contributed by atoms with Crippen molar-refractivity contribution >= 4 is 5.69 Å². The van der Waals surface area contributed by atoms with Crippen LogP contribution in [0.3, 0.4) is 0 Å². The van der Waals surface area contributed by atoms with Gasteiger partial charge in [-0.2, -0.15) is 0 Å². The van der Waals surface area contributed by atoms with E-state index in [1.165, 1.54) is 57.8 Å². The smallest absolute Gasteiger partial charge is 0.120 e. The summed E-state index contributed by atoms with van der Waals surface area (Å²) >= 11 is 0. The summed E-state index contributed by atoms with van der Waals surface area (Å²) in [4.78, 5) is 0. The number of rotatable bonds is 11. The van der Waals surface area contributed by atoms with Crippen molar-refractivity contribution in [1.29, 1.82) is 0 Å². The van der Waals surface area contributed by atoms with E-state index in [0.29, 0.717) is 5.75 Å². The molecule has 3 N–H and O–H groups in total. The average molecular weight is 277 g/mol. The minimum Gasteiger partial charge on any atom is -0.508 e. The third-order valence-corrected chi connectivity index (χ3v) is 3.97. The Balaban J connectivity index is 2.00. The highest BCUT2D eigenvalue weighted by molar-refractivity contribution is 5.53. The molecule has 0 bridgehead atoms. The van der Waals surface area contributed by atoms with Gasteiger partial charge < -0.3 is 10.8 Å². The maximum atomic E-state index is 9.75. The number of nitrogens with two attached hydrogens (primary N) is 1. The minimum atomic E-state index is 0.348. The SMILES string of the molecule is CCCCCCCCCCCCc1c(N)cccc1O. The summed E-state index contributed by atoms with van der Waals surface area (Å²) in [5.74, 6) is 0.348. The molecule has 0 fully saturated rings. The summed E-state index contributed by atoms with van der Waals surface area (Å²) in [6.45, 7) is 2.26. The van der Waals surface area contributed by atoms with Crippen molar-refractivity contribution in [3.63, 3.8) is 0 Å². The monoisotopic (exact) mass is 277 g/mol. The Morgan fingerprint density at radius 2 is 1.40 bits per heavy atom. The molecule has 0 aliphatic heterocycles. The van der Waals surface area contributed by atoms with Gasteiger partial charge in [0.2, 0.25) is 0 Å². The van der Waals surface area contributed by atoms with Crippen molar-refractivity contribution in [2.45, 2.75) is 77.6 Å². The Kier molecular flexibility index (Phi) is 8.93. The van der Waals surface area contributed by atoms with Crippen LogP contribution in [-0.4, -0.2) is 5.11 Å². The van der Waals surface area contributed by atoms with Crippen molar-refractivity contribution < 1.29 is 5.11 Å². The van der Waals surface area contributed by atoms with Gasteiger partial charge >= 0.3 is 0 Å². The van der Waals surface area contributed by atoms with E-state index in [9.17, 15) is 5.11 Å². The number of nitrogen functional groups attached to an aromatic ring is 1. The lowest BCUT2D eigenvalue weighted by molar-refractivity contribution is 0.466. The van der Waals surface area contributed by atoms with Gasteiger partial charge in [-0.3, -0.25) is 0 Å². The maximum Gasteiger partial charge on any atom is 0.120 e. The lowest BCUT2D eigenvalue weighted by Gasteiger charge is -2.07. The van der Waals surface area contributed by atoms with E-state index in [1.807, 2.05) is 6.07 Å². The summed E-state index contributed by atoms with van der Waals surface area (Å²) in [6, 6.07) is 5.39. The van der Waals surface area contributed by atoms with E-state index >= 15 is 0 Å². The summed E-state index contributed by atoms with van der Waals surface area (Å²) in [5.41, 5.74) is 7.53. The Morgan fingerprint density at radius 3 is 1.95 bits per heavy atom. The van der Waals surface area contributed by atoms with Gasteiger partial charge in [-0.05, 0) is 25.0 Å². The van der Waals surface area contributed by atoms with Gasteiger partial charge in [-0.1, -0.05) is 70.8 Å². The Labute approximate surface area is 124 Å². The molecule has 1 aromatic rings. The van der Waals surface area contributed by atoms with Gasteiger partial charge in [-0.15, -0.1) is 0 Å². The van der Waals surface area contributed by atoms with Crippen LogP contribution in [0.4, 0.5) is 5.69 Å². The summed E-state index contributed by atoms with van der Waals surface area (Å²) in [7, 11) is 0. The first-order valence-electron chi connectivity index (χ1n) is 8.32. The fraction of sp³-hybridized carbons (Fsp3) is 0.667. The topological polar surface area (TPSA) is 46.2 Å². The predicted octanol–water partition coefficient (Wildman–Crippen LogP) is 5.44. The third kappa shape index (κ3) is 6.83. The van der Waals surface area contributed by atoms with E-state index in [4.69, 9.17) is 5.73 Å². The minimum absolute atomic E-state index is 0.348. The molecule has 2 nitrogen and oxygen atoms in total. The Morgan fingerprint density at radius 1 is 0.850 bits per heavy atom. The highest BCUT2D eigenvalue weighted by atomic mass is 16.3. The number of benzene rings is 1. The fourth-order valence-corrected chi connectivity index (χ4v) is 2.65. The van der Waals surface area contributed by atoms with Gasteiger partial charge in [0.15, 0.2) is 0 Å². The number of anilines is 1. The first kappa shape index (κ1) is 16.9.